The van der Waals surface area contributed by atoms with E-state index in [0.29, 0.717) is 0 Å². The minimum atomic E-state index is 0.873. The second kappa shape index (κ2) is 12.3. The van der Waals surface area contributed by atoms with E-state index >= 15 is 0 Å². The van der Waals surface area contributed by atoms with E-state index < -0.39 is 0 Å². The maximum atomic E-state index is 3.71. The molecule has 1 aromatic rings. The molecule has 0 radical (unpaired) electrons. The van der Waals surface area contributed by atoms with E-state index in [-0.39, 0.29) is 0 Å². The van der Waals surface area contributed by atoms with Gasteiger partial charge in [-0.3, -0.25) is 0 Å². The second-order valence-corrected chi connectivity index (χ2v) is 7.21. The fourth-order valence-electron chi connectivity index (χ4n) is 3.04. The first-order valence-corrected chi connectivity index (χ1v) is 9.80. The van der Waals surface area contributed by atoms with Crippen molar-refractivity contribution < 1.29 is 0 Å². The van der Waals surface area contributed by atoms with Gasteiger partial charge in [-0.05, 0) is 24.0 Å². The molecule has 0 nitrogen and oxygen atoms in total. The van der Waals surface area contributed by atoms with E-state index in [9.17, 15) is 0 Å². The largest absolute Gasteiger partial charge is 0.0654 e. The molecule has 21 heavy (non-hydrogen) atoms. The molecule has 0 aliphatic rings. The summed E-state index contributed by atoms with van der Waals surface area (Å²) in [6, 6.07) is 8.76. The molecule has 0 unspecified atom stereocenters. The van der Waals surface area contributed by atoms with Crippen molar-refractivity contribution in [2.75, 3.05) is 0 Å². The van der Waals surface area contributed by atoms with Crippen LogP contribution in [0.25, 0.3) is 0 Å². The Hall–Kier alpha value is -0.300. The van der Waals surface area contributed by atoms with Crippen molar-refractivity contribution in [1.29, 1.82) is 0 Å². The fraction of sp³-hybridized carbons (Fsp3) is 0.700. The standard InChI is InChI=1S/C20H33Br/c1-3-5-7-9-13-18(14-10-8-6-4-2)17-19-15-11-12-16-20(19)21/h11-12,15-16,18H,3-10,13-14,17H2,1-2H3. The van der Waals surface area contributed by atoms with Gasteiger partial charge < -0.3 is 0 Å². The van der Waals surface area contributed by atoms with Crippen molar-refractivity contribution in [3.63, 3.8) is 0 Å². The fourth-order valence-corrected chi connectivity index (χ4v) is 3.49. The predicted molar refractivity (Wildman–Crippen MR) is 98.9 cm³/mol. The van der Waals surface area contributed by atoms with Crippen LogP contribution in [0.5, 0.6) is 0 Å². The Kier molecular flexibility index (Phi) is 10.9. The molecular formula is C20H33Br. The summed E-state index contributed by atoms with van der Waals surface area (Å²) in [4.78, 5) is 0. The van der Waals surface area contributed by atoms with Gasteiger partial charge in [0.2, 0.25) is 0 Å². The molecule has 0 aromatic heterocycles. The van der Waals surface area contributed by atoms with Gasteiger partial charge in [-0.2, -0.15) is 0 Å². The van der Waals surface area contributed by atoms with Crippen molar-refractivity contribution in [2.24, 2.45) is 5.92 Å². The van der Waals surface area contributed by atoms with Crippen molar-refractivity contribution in [2.45, 2.75) is 84.5 Å². The van der Waals surface area contributed by atoms with Crippen molar-refractivity contribution in [3.05, 3.63) is 34.3 Å². The molecule has 0 fully saturated rings. The summed E-state index contributed by atoms with van der Waals surface area (Å²) in [5.74, 6) is 0.873. The molecule has 0 aliphatic heterocycles. The molecule has 0 saturated heterocycles. The SMILES string of the molecule is CCCCCCC(CCCCCC)Cc1ccccc1Br. The van der Waals surface area contributed by atoms with Gasteiger partial charge in [0, 0.05) is 4.47 Å². The first-order valence-electron chi connectivity index (χ1n) is 9.01. The highest BCUT2D eigenvalue weighted by molar-refractivity contribution is 9.10. The molecule has 1 heteroatoms. The van der Waals surface area contributed by atoms with Crippen LogP contribution in [-0.2, 0) is 6.42 Å². The lowest BCUT2D eigenvalue weighted by Crippen LogP contribution is -2.06. The Morgan fingerprint density at radius 2 is 1.38 bits per heavy atom. The van der Waals surface area contributed by atoms with Crippen LogP contribution in [0.3, 0.4) is 0 Å². The Labute approximate surface area is 140 Å². The van der Waals surface area contributed by atoms with E-state index in [4.69, 9.17) is 0 Å². The van der Waals surface area contributed by atoms with Crippen molar-refractivity contribution in [1.82, 2.24) is 0 Å². The quantitative estimate of drug-likeness (QED) is 0.340. The summed E-state index contributed by atoms with van der Waals surface area (Å²) in [6.45, 7) is 4.59. The zero-order valence-corrected chi connectivity index (χ0v) is 15.6. The maximum Gasteiger partial charge on any atom is 0.0207 e. The smallest absolute Gasteiger partial charge is 0.0207 e. The molecule has 0 N–H and O–H groups in total. The second-order valence-electron chi connectivity index (χ2n) is 6.36. The van der Waals surface area contributed by atoms with Crippen LogP contribution < -0.4 is 0 Å². The first-order chi connectivity index (χ1) is 10.3. The highest BCUT2D eigenvalue weighted by atomic mass is 79.9. The van der Waals surface area contributed by atoms with Crippen LogP contribution in [0.4, 0.5) is 0 Å². The summed E-state index contributed by atoms with van der Waals surface area (Å²) < 4.78 is 1.29. The zero-order chi connectivity index (χ0) is 15.3. The van der Waals surface area contributed by atoms with Gasteiger partial charge in [-0.15, -0.1) is 0 Å². The molecule has 0 amide bonds. The normalized spacial score (nSPS) is 11.2. The van der Waals surface area contributed by atoms with Gasteiger partial charge in [-0.25, -0.2) is 0 Å². The summed E-state index contributed by atoms with van der Waals surface area (Å²) in [6.07, 6.45) is 15.2. The summed E-state index contributed by atoms with van der Waals surface area (Å²) in [5.41, 5.74) is 1.49. The van der Waals surface area contributed by atoms with Gasteiger partial charge in [-0.1, -0.05) is 112 Å². The Balaban J connectivity index is 2.44. The molecular weight excluding hydrogens is 320 g/mol. The summed E-state index contributed by atoms with van der Waals surface area (Å²) >= 11 is 3.71. The molecule has 120 valence electrons. The van der Waals surface area contributed by atoms with E-state index in [0.717, 1.165) is 5.92 Å². The molecule has 0 atom stereocenters. The summed E-state index contributed by atoms with van der Waals surface area (Å²) in [7, 11) is 0. The predicted octanol–water partition coefficient (Wildman–Crippen LogP) is 7.55. The molecule has 0 spiro atoms. The van der Waals surface area contributed by atoms with E-state index in [1.54, 1.807) is 0 Å². The van der Waals surface area contributed by atoms with E-state index in [2.05, 4.69) is 54.0 Å². The third kappa shape index (κ3) is 8.66. The van der Waals surface area contributed by atoms with Crippen LogP contribution in [0.15, 0.2) is 28.7 Å². The van der Waals surface area contributed by atoms with E-state index in [1.807, 2.05) is 0 Å². The maximum absolute atomic E-state index is 3.71. The number of benzene rings is 1. The topological polar surface area (TPSA) is 0 Å². The average molecular weight is 353 g/mol. The zero-order valence-electron chi connectivity index (χ0n) is 14.0. The van der Waals surface area contributed by atoms with Crippen LogP contribution >= 0.6 is 15.9 Å². The van der Waals surface area contributed by atoms with Gasteiger partial charge >= 0.3 is 0 Å². The minimum Gasteiger partial charge on any atom is -0.0654 e. The Bertz CT molecular complexity index is 347. The summed E-state index contributed by atoms with van der Waals surface area (Å²) in [5, 5.41) is 0. The monoisotopic (exact) mass is 352 g/mol. The minimum absolute atomic E-state index is 0.873. The molecule has 1 aromatic carbocycles. The third-order valence-corrected chi connectivity index (χ3v) is 5.17. The van der Waals surface area contributed by atoms with Gasteiger partial charge in [0.05, 0.1) is 0 Å². The number of unbranched alkanes of at least 4 members (excludes halogenated alkanes) is 6. The lowest BCUT2D eigenvalue weighted by atomic mass is 9.89. The van der Waals surface area contributed by atoms with Gasteiger partial charge in [0.1, 0.15) is 0 Å². The Morgan fingerprint density at radius 1 is 0.810 bits per heavy atom. The lowest BCUT2D eigenvalue weighted by Gasteiger charge is -2.18. The lowest BCUT2D eigenvalue weighted by molar-refractivity contribution is 0.403. The van der Waals surface area contributed by atoms with Crippen LogP contribution in [0.2, 0.25) is 0 Å². The number of hydrogen-bond acceptors (Lipinski definition) is 0. The highest BCUT2D eigenvalue weighted by Crippen LogP contribution is 2.26. The van der Waals surface area contributed by atoms with Gasteiger partial charge in [0.25, 0.3) is 0 Å². The first kappa shape index (κ1) is 18.7. The van der Waals surface area contributed by atoms with Crippen LogP contribution in [0, 0.1) is 5.92 Å². The highest BCUT2D eigenvalue weighted by Gasteiger charge is 2.11. The third-order valence-electron chi connectivity index (χ3n) is 4.40. The van der Waals surface area contributed by atoms with Crippen molar-refractivity contribution >= 4 is 15.9 Å². The van der Waals surface area contributed by atoms with Crippen molar-refractivity contribution in [3.8, 4) is 0 Å². The van der Waals surface area contributed by atoms with Crippen LogP contribution in [-0.4, -0.2) is 0 Å². The average Bonchev–Trinajstić information content (AvgIpc) is 2.50. The molecule has 1 rings (SSSR count). The molecule has 0 aliphatic carbocycles. The number of hydrogen-bond donors (Lipinski definition) is 0. The number of halogens is 1. The van der Waals surface area contributed by atoms with Crippen LogP contribution in [0.1, 0.15) is 83.6 Å². The molecule has 0 bridgehead atoms. The number of rotatable bonds is 12. The Morgan fingerprint density at radius 3 is 1.90 bits per heavy atom. The van der Waals surface area contributed by atoms with E-state index in [1.165, 1.54) is 80.7 Å². The van der Waals surface area contributed by atoms with Gasteiger partial charge in [0.15, 0.2) is 0 Å². The molecule has 0 heterocycles. The molecule has 0 saturated carbocycles.